The summed E-state index contributed by atoms with van der Waals surface area (Å²) in [4.78, 5) is 4.66. The summed E-state index contributed by atoms with van der Waals surface area (Å²) in [6.07, 6.45) is 0. The largest absolute Gasteiger partial charge is 0.455 e. The molecule has 0 saturated heterocycles. The van der Waals surface area contributed by atoms with Gasteiger partial charge in [0.1, 0.15) is 11.2 Å². The lowest BCUT2D eigenvalue weighted by Crippen LogP contribution is -2.09. The van der Waals surface area contributed by atoms with Gasteiger partial charge in [0, 0.05) is 56.0 Å². The first-order valence-corrected chi connectivity index (χ1v) is 26.9. The highest BCUT2D eigenvalue weighted by Crippen LogP contribution is 2.44. The Morgan fingerprint density at radius 1 is 0.241 bits per heavy atom. The van der Waals surface area contributed by atoms with Crippen LogP contribution in [0.5, 0.6) is 0 Å². The molecule has 0 N–H and O–H groups in total. The first-order valence-electron chi connectivity index (χ1n) is 26.9. The van der Waals surface area contributed by atoms with Crippen molar-refractivity contribution in [3.63, 3.8) is 0 Å². The monoisotopic (exact) mass is 1010 g/mol. The Bertz CT molecular complexity index is 3700. The van der Waals surface area contributed by atoms with Gasteiger partial charge in [0.15, 0.2) is 0 Å². The Hall–Kier alpha value is -10.2. The zero-order valence-corrected chi connectivity index (χ0v) is 44.4. The van der Waals surface area contributed by atoms with Gasteiger partial charge in [0.05, 0.1) is 0 Å². The Kier molecular flexibility index (Phi) is 14.2. The van der Waals surface area contributed by atoms with E-state index in [2.05, 4.69) is 320 Å². The van der Waals surface area contributed by atoms with Crippen LogP contribution in [-0.2, 0) is 0 Å². The SMILES string of the molecule is C=C(C)C.c1ccc(-c2ccc(N(c3ccc(-c4ccccc4)cc3)c3ccc(-c4cccc5c4oc4c(-c6ccc(N(c7ccc(-c8ccccc8)cc7)c7ccc(-c8ccccc8)cc7)cc6)cccc45)cc3)cc2)cc1. The minimum Gasteiger partial charge on any atom is -0.455 e. The van der Waals surface area contributed by atoms with E-state index in [9.17, 15) is 0 Å². The second kappa shape index (κ2) is 22.5. The summed E-state index contributed by atoms with van der Waals surface area (Å²) in [6, 6.07) is 108. The fourth-order valence-corrected chi connectivity index (χ4v) is 10.5. The Balaban J connectivity index is 0.00000151. The van der Waals surface area contributed by atoms with Crippen molar-refractivity contribution in [1.29, 1.82) is 0 Å². The molecule has 1 heterocycles. The first-order chi connectivity index (χ1) is 38.9. The van der Waals surface area contributed by atoms with Crippen LogP contribution in [0.3, 0.4) is 0 Å². The third kappa shape index (κ3) is 10.7. The number of furan rings is 1. The second-order valence-corrected chi connectivity index (χ2v) is 20.1. The average molecular weight is 1020 g/mol. The van der Waals surface area contributed by atoms with E-state index in [0.29, 0.717) is 0 Å². The average Bonchev–Trinajstić information content (AvgIpc) is 4.06. The summed E-state index contributed by atoms with van der Waals surface area (Å²) in [6.45, 7) is 7.50. The van der Waals surface area contributed by atoms with Gasteiger partial charge in [-0.05, 0) is 142 Å². The molecule has 0 saturated carbocycles. The summed E-state index contributed by atoms with van der Waals surface area (Å²) >= 11 is 0. The Morgan fingerprint density at radius 2 is 0.443 bits per heavy atom. The minimum atomic E-state index is 0.873. The third-order valence-electron chi connectivity index (χ3n) is 14.3. The van der Waals surface area contributed by atoms with Crippen molar-refractivity contribution < 1.29 is 4.42 Å². The lowest BCUT2D eigenvalue weighted by Gasteiger charge is -2.26. The summed E-state index contributed by atoms with van der Waals surface area (Å²) in [5.41, 5.74) is 23.2. The number of anilines is 6. The molecule has 0 aliphatic carbocycles. The molecule has 3 nitrogen and oxygen atoms in total. The lowest BCUT2D eigenvalue weighted by atomic mass is 9.99. The van der Waals surface area contributed by atoms with Gasteiger partial charge in [-0.25, -0.2) is 0 Å². The minimum absolute atomic E-state index is 0.873. The fraction of sp³-hybridized carbons (Fsp3) is 0.0263. The zero-order chi connectivity index (χ0) is 53.5. The van der Waals surface area contributed by atoms with Gasteiger partial charge in [-0.15, -0.1) is 6.58 Å². The molecular formula is C76H58N2O. The maximum atomic E-state index is 7.03. The van der Waals surface area contributed by atoms with Crippen LogP contribution in [0.1, 0.15) is 13.8 Å². The number of nitrogens with zero attached hydrogens (tertiary/aromatic N) is 2. The summed E-state index contributed by atoms with van der Waals surface area (Å²) in [7, 11) is 0. The van der Waals surface area contributed by atoms with Gasteiger partial charge in [-0.2, -0.15) is 0 Å². The highest BCUT2D eigenvalue weighted by molar-refractivity contribution is 6.13. The highest BCUT2D eigenvalue weighted by Gasteiger charge is 2.19. The van der Waals surface area contributed by atoms with Gasteiger partial charge >= 0.3 is 0 Å². The molecule has 79 heavy (non-hydrogen) atoms. The van der Waals surface area contributed by atoms with Gasteiger partial charge < -0.3 is 14.2 Å². The maximum Gasteiger partial charge on any atom is 0.143 e. The topological polar surface area (TPSA) is 19.6 Å². The van der Waals surface area contributed by atoms with Gasteiger partial charge in [0.2, 0.25) is 0 Å². The summed E-state index contributed by atoms with van der Waals surface area (Å²) in [5, 5.41) is 2.18. The van der Waals surface area contributed by atoms with Crippen LogP contribution in [0.4, 0.5) is 34.1 Å². The quantitative estimate of drug-likeness (QED) is 0.114. The molecule has 0 unspecified atom stereocenters. The van der Waals surface area contributed by atoms with Gasteiger partial charge in [0.25, 0.3) is 0 Å². The normalized spacial score (nSPS) is 11.0. The van der Waals surface area contributed by atoms with Crippen molar-refractivity contribution in [3.05, 3.63) is 315 Å². The zero-order valence-electron chi connectivity index (χ0n) is 44.4. The number of rotatable bonds is 12. The molecule has 12 aromatic carbocycles. The number of fused-ring (bicyclic) bond motifs is 3. The first kappa shape index (κ1) is 49.6. The molecule has 0 spiro atoms. The molecule has 0 aliphatic heterocycles. The second-order valence-electron chi connectivity index (χ2n) is 20.1. The van der Waals surface area contributed by atoms with E-state index in [1.807, 2.05) is 13.8 Å². The van der Waals surface area contributed by atoms with E-state index >= 15 is 0 Å². The number of hydrogen-bond donors (Lipinski definition) is 0. The van der Waals surface area contributed by atoms with Gasteiger partial charge in [-0.1, -0.05) is 236 Å². The molecule has 0 fully saturated rings. The van der Waals surface area contributed by atoms with E-state index in [-0.39, 0.29) is 0 Å². The molecule has 0 aliphatic rings. The molecule has 378 valence electrons. The van der Waals surface area contributed by atoms with E-state index in [0.717, 1.165) is 78.3 Å². The van der Waals surface area contributed by atoms with Crippen LogP contribution in [0.2, 0.25) is 0 Å². The van der Waals surface area contributed by atoms with Crippen LogP contribution in [0, 0.1) is 0 Å². The van der Waals surface area contributed by atoms with E-state index in [1.165, 1.54) is 50.1 Å². The Labute approximate surface area is 463 Å². The van der Waals surface area contributed by atoms with E-state index in [4.69, 9.17) is 4.42 Å². The molecule has 13 aromatic rings. The maximum absolute atomic E-state index is 7.03. The van der Waals surface area contributed by atoms with Gasteiger partial charge in [-0.3, -0.25) is 0 Å². The lowest BCUT2D eigenvalue weighted by molar-refractivity contribution is 0.671. The van der Waals surface area contributed by atoms with Crippen LogP contribution in [-0.4, -0.2) is 0 Å². The molecule has 3 heteroatoms. The van der Waals surface area contributed by atoms with Crippen LogP contribution in [0.15, 0.2) is 320 Å². The number of benzene rings is 12. The van der Waals surface area contributed by atoms with E-state index < -0.39 is 0 Å². The predicted octanol–water partition coefficient (Wildman–Crippen LogP) is 22.1. The molecule has 0 atom stereocenters. The van der Waals surface area contributed by atoms with Crippen LogP contribution >= 0.6 is 0 Å². The molecule has 13 rings (SSSR count). The highest BCUT2D eigenvalue weighted by atomic mass is 16.3. The number of para-hydroxylation sites is 2. The molecule has 0 bridgehead atoms. The number of hydrogen-bond acceptors (Lipinski definition) is 3. The van der Waals surface area contributed by atoms with Crippen LogP contribution in [0.25, 0.3) is 88.7 Å². The van der Waals surface area contributed by atoms with Crippen molar-refractivity contribution >= 4 is 56.1 Å². The Morgan fingerprint density at radius 3 is 0.671 bits per heavy atom. The fourth-order valence-electron chi connectivity index (χ4n) is 10.5. The molecule has 1 aromatic heterocycles. The smallest absolute Gasteiger partial charge is 0.143 e. The predicted molar refractivity (Wildman–Crippen MR) is 336 cm³/mol. The summed E-state index contributed by atoms with van der Waals surface area (Å²) in [5.74, 6) is 0. The molecular weight excluding hydrogens is 957 g/mol. The van der Waals surface area contributed by atoms with Crippen molar-refractivity contribution in [3.8, 4) is 66.8 Å². The number of allylic oxidation sites excluding steroid dienone is 1. The third-order valence-corrected chi connectivity index (χ3v) is 14.3. The van der Waals surface area contributed by atoms with Crippen molar-refractivity contribution in [2.45, 2.75) is 13.8 Å². The standard InChI is InChI=1S/C72H50N2O.C4H8/c1-5-15-51(16-6-1)55-27-39-61(40-28-55)73(62-41-29-56(30-42-62)52-17-7-2-8-18-52)65-47-35-59(36-48-65)67-23-13-25-69-70-26-14-24-68(72(70)75-71(67)69)60-37-49-66(50-38-60)74(63-43-31-57(32-44-63)53-19-9-3-10-20-53)64-45-33-58(34-46-64)54-21-11-4-12-22-54;1-4(2)3/h1-50H;1H2,2-3H3. The van der Waals surface area contributed by atoms with E-state index in [1.54, 1.807) is 0 Å². The van der Waals surface area contributed by atoms with Crippen LogP contribution < -0.4 is 9.80 Å². The van der Waals surface area contributed by atoms with Crippen molar-refractivity contribution in [2.24, 2.45) is 0 Å². The van der Waals surface area contributed by atoms with Crippen molar-refractivity contribution in [2.75, 3.05) is 9.80 Å². The summed E-state index contributed by atoms with van der Waals surface area (Å²) < 4.78 is 7.03. The molecule has 0 radical (unpaired) electrons. The molecule has 0 amide bonds. The van der Waals surface area contributed by atoms with Crippen molar-refractivity contribution in [1.82, 2.24) is 0 Å².